The van der Waals surface area contributed by atoms with Gasteiger partial charge in [0.2, 0.25) is 0 Å². The van der Waals surface area contributed by atoms with Crippen LogP contribution in [0.5, 0.6) is 0 Å². The van der Waals surface area contributed by atoms with E-state index in [0.29, 0.717) is 12.5 Å². The molecule has 0 spiro atoms. The molecule has 2 rings (SSSR count). The molecule has 1 fully saturated rings. The molecular formula is C12H19N3O2. The van der Waals surface area contributed by atoms with E-state index in [1.165, 1.54) is 23.5 Å². The number of nitrogens with one attached hydrogen (secondary N) is 1. The number of aromatic nitrogens is 2. The average molecular weight is 237 g/mol. The average Bonchev–Trinajstić information content (AvgIpc) is 2.26. The molecule has 5 heteroatoms. The van der Waals surface area contributed by atoms with Gasteiger partial charge in [-0.25, -0.2) is 4.79 Å². The number of H-pyrrole nitrogens is 1. The Morgan fingerprint density at radius 2 is 2.00 bits per heavy atom. The summed E-state index contributed by atoms with van der Waals surface area (Å²) in [6, 6.07) is 1.27. The molecule has 5 nitrogen and oxygen atoms in total. The lowest BCUT2D eigenvalue weighted by Crippen LogP contribution is -2.34. The highest BCUT2D eigenvalue weighted by molar-refractivity contribution is 5.26. The maximum Gasteiger partial charge on any atom is 0.329 e. The molecule has 17 heavy (non-hydrogen) atoms. The van der Waals surface area contributed by atoms with Gasteiger partial charge < -0.3 is 5.73 Å². The van der Waals surface area contributed by atoms with Crippen LogP contribution >= 0.6 is 0 Å². The molecule has 0 atom stereocenters. The van der Waals surface area contributed by atoms with Crippen molar-refractivity contribution in [3.63, 3.8) is 0 Å². The Balaban J connectivity index is 2.14. The summed E-state index contributed by atoms with van der Waals surface area (Å²) in [5, 5.41) is 0. The summed E-state index contributed by atoms with van der Waals surface area (Å²) in [7, 11) is 0. The third kappa shape index (κ3) is 2.78. The van der Waals surface area contributed by atoms with Gasteiger partial charge in [-0.05, 0) is 24.7 Å². The van der Waals surface area contributed by atoms with Crippen LogP contribution in [-0.4, -0.2) is 9.55 Å². The van der Waals surface area contributed by atoms with Crippen molar-refractivity contribution in [3.8, 4) is 0 Å². The normalized spacial score (nSPS) is 24.8. The molecule has 1 heterocycles. The lowest BCUT2D eigenvalue weighted by Gasteiger charge is -2.26. The molecular weight excluding hydrogens is 218 g/mol. The molecule has 1 aliphatic rings. The molecule has 0 saturated heterocycles. The summed E-state index contributed by atoms with van der Waals surface area (Å²) < 4.78 is 1.47. The maximum atomic E-state index is 11.6. The second kappa shape index (κ2) is 4.77. The molecule has 0 bridgehead atoms. The van der Waals surface area contributed by atoms with Crippen molar-refractivity contribution in [1.82, 2.24) is 9.55 Å². The van der Waals surface area contributed by atoms with Crippen LogP contribution in [0.1, 0.15) is 32.6 Å². The number of nitrogens with zero attached hydrogens (tertiary/aromatic N) is 1. The first-order chi connectivity index (χ1) is 8.06. The molecule has 1 aromatic rings. The smallest absolute Gasteiger partial charge is 0.329 e. The minimum absolute atomic E-state index is 0.261. The van der Waals surface area contributed by atoms with Gasteiger partial charge in [-0.3, -0.25) is 14.3 Å². The minimum Gasteiger partial charge on any atom is -0.385 e. The van der Waals surface area contributed by atoms with Gasteiger partial charge in [0.15, 0.2) is 0 Å². The summed E-state index contributed by atoms with van der Waals surface area (Å²) in [5.74, 6) is 1.55. The van der Waals surface area contributed by atoms with Crippen LogP contribution in [0.4, 0.5) is 5.82 Å². The predicted molar refractivity (Wildman–Crippen MR) is 66.9 cm³/mol. The molecule has 0 radical (unpaired) electrons. The number of anilines is 1. The monoisotopic (exact) mass is 237 g/mol. The zero-order valence-electron chi connectivity index (χ0n) is 10.1. The second-order valence-corrected chi connectivity index (χ2v) is 5.10. The zero-order chi connectivity index (χ0) is 12.4. The van der Waals surface area contributed by atoms with Crippen LogP contribution in [-0.2, 0) is 6.54 Å². The van der Waals surface area contributed by atoms with E-state index in [2.05, 4.69) is 11.9 Å². The lowest BCUT2D eigenvalue weighted by atomic mass is 9.83. The Kier molecular flexibility index (Phi) is 3.36. The number of hydrogen-bond acceptors (Lipinski definition) is 3. The van der Waals surface area contributed by atoms with E-state index in [0.717, 1.165) is 18.8 Å². The molecule has 1 aliphatic carbocycles. The first kappa shape index (κ1) is 12.0. The molecule has 0 aliphatic heterocycles. The standard InChI is InChI=1S/C12H19N3O2/c1-8-2-4-9(5-3-8)7-15-10(13)6-11(16)14-12(15)17/h6,8-9H,2-5,7,13H2,1H3,(H,14,16,17). The number of rotatable bonds is 2. The van der Waals surface area contributed by atoms with Gasteiger partial charge in [-0.2, -0.15) is 0 Å². The quantitative estimate of drug-likeness (QED) is 0.803. The van der Waals surface area contributed by atoms with Gasteiger partial charge >= 0.3 is 5.69 Å². The van der Waals surface area contributed by atoms with E-state index >= 15 is 0 Å². The lowest BCUT2D eigenvalue weighted by molar-refractivity contribution is 0.263. The molecule has 1 saturated carbocycles. The van der Waals surface area contributed by atoms with E-state index < -0.39 is 11.2 Å². The van der Waals surface area contributed by atoms with E-state index in [1.807, 2.05) is 0 Å². The van der Waals surface area contributed by atoms with E-state index in [4.69, 9.17) is 5.73 Å². The first-order valence-corrected chi connectivity index (χ1v) is 6.16. The molecule has 3 N–H and O–H groups in total. The summed E-state index contributed by atoms with van der Waals surface area (Å²) in [6.45, 7) is 2.88. The third-order valence-corrected chi connectivity index (χ3v) is 3.64. The maximum absolute atomic E-state index is 11.6. The van der Waals surface area contributed by atoms with E-state index in [-0.39, 0.29) is 5.82 Å². The molecule has 0 aromatic carbocycles. The van der Waals surface area contributed by atoms with Crippen LogP contribution in [0.3, 0.4) is 0 Å². The van der Waals surface area contributed by atoms with Crippen LogP contribution in [0.25, 0.3) is 0 Å². The summed E-state index contributed by atoms with van der Waals surface area (Å²) in [4.78, 5) is 24.9. The molecule has 0 amide bonds. The fraction of sp³-hybridized carbons (Fsp3) is 0.667. The highest BCUT2D eigenvalue weighted by Gasteiger charge is 2.19. The largest absolute Gasteiger partial charge is 0.385 e. The second-order valence-electron chi connectivity index (χ2n) is 5.10. The Labute approximate surface area is 99.7 Å². The zero-order valence-corrected chi connectivity index (χ0v) is 10.1. The fourth-order valence-electron chi connectivity index (χ4n) is 2.50. The Hall–Kier alpha value is -1.52. The third-order valence-electron chi connectivity index (χ3n) is 3.64. The van der Waals surface area contributed by atoms with Gasteiger partial charge in [-0.1, -0.05) is 19.8 Å². The van der Waals surface area contributed by atoms with E-state index in [1.54, 1.807) is 0 Å². The topological polar surface area (TPSA) is 80.9 Å². The molecule has 1 aromatic heterocycles. The number of aromatic amines is 1. The summed E-state index contributed by atoms with van der Waals surface area (Å²) in [5.41, 5.74) is 4.89. The minimum atomic E-state index is -0.430. The van der Waals surface area contributed by atoms with Gasteiger partial charge in [0.1, 0.15) is 5.82 Å². The van der Waals surface area contributed by atoms with Crippen molar-refractivity contribution in [1.29, 1.82) is 0 Å². The van der Waals surface area contributed by atoms with Crippen molar-refractivity contribution in [3.05, 3.63) is 26.9 Å². The number of hydrogen-bond donors (Lipinski definition) is 2. The van der Waals surface area contributed by atoms with Gasteiger partial charge in [0.05, 0.1) is 0 Å². The first-order valence-electron chi connectivity index (χ1n) is 6.16. The van der Waals surface area contributed by atoms with Crippen LogP contribution in [0, 0.1) is 11.8 Å². The highest BCUT2D eigenvalue weighted by Crippen LogP contribution is 2.29. The van der Waals surface area contributed by atoms with Crippen molar-refractivity contribution in [2.45, 2.75) is 39.2 Å². The van der Waals surface area contributed by atoms with E-state index in [9.17, 15) is 9.59 Å². The molecule has 94 valence electrons. The number of nitrogens with two attached hydrogens (primary N) is 1. The SMILES string of the molecule is CC1CCC(Cn2c(N)cc(=O)[nH]c2=O)CC1. The Morgan fingerprint density at radius 3 is 2.59 bits per heavy atom. The molecule has 0 unspecified atom stereocenters. The van der Waals surface area contributed by atoms with Gasteiger partial charge in [0.25, 0.3) is 5.56 Å². The van der Waals surface area contributed by atoms with Crippen LogP contribution in [0.2, 0.25) is 0 Å². The predicted octanol–water partition coefficient (Wildman–Crippen LogP) is 0.945. The van der Waals surface area contributed by atoms with Gasteiger partial charge in [0, 0.05) is 12.6 Å². The highest BCUT2D eigenvalue weighted by atomic mass is 16.2. The van der Waals surface area contributed by atoms with Crippen molar-refractivity contribution in [2.24, 2.45) is 11.8 Å². The summed E-state index contributed by atoms with van der Waals surface area (Å²) >= 11 is 0. The fourth-order valence-corrected chi connectivity index (χ4v) is 2.50. The Bertz CT molecular complexity index is 495. The van der Waals surface area contributed by atoms with Crippen molar-refractivity contribution >= 4 is 5.82 Å². The number of nitrogen functional groups attached to an aromatic ring is 1. The van der Waals surface area contributed by atoms with Crippen molar-refractivity contribution < 1.29 is 0 Å². The Morgan fingerprint density at radius 1 is 1.35 bits per heavy atom. The van der Waals surface area contributed by atoms with Crippen LogP contribution < -0.4 is 17.0 Å². The van der Waals surface area contributed by atoms with Crippen LogP contribution in [0.15, 0.2) is 15.7 Å². The van der Waals surface area contributed by atoms with Crippen molar-refractivity contribution in [2.75, 3.05) is 5.73 Å². The summed E-state index contributed by atoms with van der Waals surface area (Å²) in [6.07, 6.45) is 4.68. The van der Waals surface area contributed by atoms with Gasteiger partial charge in [-0.15, -0.1) is 0 Å².